The number of imidazole rings is 1. The highest BCUT2D eigenvalue weighted by Crippen LogP contribution is 2.61. The zero-order chi connectivity index (χ0) is 45.4. The number of nitrogens with one attached hydrogen (secondary N) is 2. The Balaban J connectivity index is 1.45. The predicted octanol–water partition coefficient (Wildman–Crippen LogP) is 0.472. The number of carbonyl (C=O) groups excluding carboxylic acids is 4. The van der Waals surface area contributed by atoms with Crippen molar-refractivity contribution in [2.75, 3.05) is 37.8 Å². The molecule has 2 aromatic heterocycles. The van der Waals surface area contributed by atoms with Crippen LogP contribution in [-0.4, -0.2) is 128 Å². The van der Waals surface area contributed by atoms with Crippen molar-refractivity contribution in [2.24, 2.45) is 17.3 Å². The molecule has 0 spiro atoms. The van der Waals surface area contributed by atoms with Gasteiger partial charge in [-0.05, 0) is 12.8 Å². The Labute approximate surface area is 347 Å². The molecule has 29 heteroatoms. The van der Waals surface area contributed by atoms with Crippen LogP contribution in [0.4, 0.5) is 5.82 Å². The van der Waals surface area contributed by atoms with Gasteiger partial charge in [-0.3, -0.25) is 37.3 Å². The largest absolute Gasteiger partial charge is 0.481 e. The molecule has 8 atom stereocenters. The second kappa shape index (κ2) is 21.4. The highest BCUT2D eigenvalue weighted by atomic mass is 32.2. The molecule has 0 aliphatic carbocycles. The molecule has 25 nitrogen and oxygen atoms in total. The van der Waals surface area contributed by atoms with Crippen molar-refractivity contribution in [1.29, 1.82) is 0 Å². The number of amides is 2. The van der Waals surface area contributed by atoms with Gasteiger partial charge in [-0.2, -0.15) is 4.31 Å². The fraction of sp³-hybridized carbons (Fsp3) is 0.645. The number of ketones is 1. The summed E-state index contributed by atoms with van der Waals surface area (Å²) in [7, 11) is -16.4. The summed E-state index contributed by atoms with van der Waals surface area (Å²) in [6, 6.07) is 0. The second-order valence-electron chi connectivity index (χ2n) is 14.4. The average molecular weight is 934 g/mol. The van der Waals surface area contributed by atoms with Gasteiger partial charge in [0.05, 0.1) is 25.5 Å². The number of allylic oxidation sites excluding steroid dienone is 1. The Morgan fingerprint density at radius 3 is 2.32 bits per heavy atom. The molecule has 1 saturated heterocycles. The molecule has 0 aromatic carbocycles. The van der Waals surface area contributed by atoms with Gasteiger partial charge in [0.1, 0.15) is 42.0 Å². The molecule has 2 aromatic rings. The molecule has 0 radical (unpaired) electrons. The van der Waals surface area contributed by atoms with Gasteiger partial charge in [-0.15, -0.1) is 0 Å². The zero-order valence-electron chi connectivity index (χ0n) is 33.1. The Morgan fingerprint density at radius 1 is 1.03 bits per heavy atom. The number of phosphoric ester groups is 3. The number of Topliss-reactive ketones (excluding diaryl/α,β-unsaturated/α-hetero) is 1. The first-order valence-corrected chi connectivity index (χ1v) is 23.4. The summed E-state index contributed by atoms with van der Waals surface area (Å²) in [6.07, 6.45) is -6.96. The number of fused-ring (bicyclic) bond motifs is 1. The van der Waals surface area contributed by atoms with Crippen LogP contribution in [0.25, 0.3) is 11.2 Å². The summed E-state index contributed by atoms with van der Waals surface area (Å²) < 4.78 is 62.2. The van der Waals surface area contributed by atoms with Crippen molar-refractivity contribution < 1.29 is 85.3 Å². The highest BCUT2D eigenvalue weighted by molar-refractivity contribution is 8.13. The van der Waals surface area contributed by atoms with Crippen molar-refractivity contribution in [3.63, 3.8) is 0 Å². The van der Waals surface area contributed by atoms with E-state index in [4.69, 9.17) is 19.5 Å². The minimum atomic E-state index is -5.59. The van der Waals surface area contributed by atoms with E-state index < -0.39 is 90.5 Å². The van der Waals surface area contributed by atoms with Crippen molar-refractivity contribution >= 4 is 74.9 Å². The first kappa shape index (κ1) is 51.3. The van der Waals surface area contributed by atoms with Crippen molar-refractivity contribution in [3.05, 3.63) is 24.8 Å². The van der Waals surface area contributed by atoms with Crippen LogP contribution in [-0.2, 0) is 55.5 Å². The van der Waals surface area contributed by atoms with Gasteiger partial charge in [0.15, 0.2) is 22.8 Å². The van der Waals surface area contributed by atoms with Crippen LogP contribution in [0, 0.1) is 17.3 Å². The first-order valence-electron chi connectivity index (χ1n) is 17.9. The number of phosphoric acid groups is 3. The minimum absolute atomic E-state index is 0.0225. The molecule has 0 saturated carbocycles. The van der Waals surface area contributed by atoms with Gasteiger partial charge >= 0.3 is 23.5 Å². The standard InChI is InChI=1S/C31H50N7O18P3S/c1-16(2)17(3)11-19(39)18(4)30(44)60-10-9-33-21(40)7-8-34-28(43)25(42)31(5,6)13-53-59(50,51)56-58(48,49)52-12-20-24(55-57(45,46)47)23(41)29(54-20)38-15-37-22-26(32)35-14-36-27(22)38/h14-16,18,20,23-25,29,41-42H,3,7-13H2,1-2,4-6H3,(H,33,40)(H,34,43)(H,48,49)(H,50,51)(H2,32,35,36)(H2,45,46,47)/t18?,20-,23-,24-,25+,29-/m1/s1. The molecule has 3 rings (SSSR count). The Bertz CT molecular complexity index is 2030. The fourth-order valence-electron chi connectivity index (χ4n) is 5.12. The van der Waals surface area contributed by atoms with Crippen molar-refractivity contribution in [1.82, 2.24) is 30.2 Å². The van der Waals surface area contributed by atoms with Crippen LogP contribution >= 0.6 is 35.2 Å². The summed E-state index contributed by atoms with van der Waals surface area (Å²) in [5, 5.41) is 26.0. The number of nitrogens with two attached hydrogens (primary N) is 1. The lowest BCUT2D eigenvalue weighted by Crippen LogP contribution is -2.46. The number of hydrogen-bond donors (Lipinski definition) is 9. The number of aliphatic hydroxyl groups is 2. The minimum Gasteiger partial charge on any atom is -0.386 e. The highest BCUT2D eigenvalue weighted by Gasteiger charge is 2.50. The van der Waals surface area contributed by atoms with Crippen LogP contribution in [0.3, 0.4) is 0 Å². The monoisotopic (exact) mass is 933 g/mol. The van der Waals surface area contributed by atoms with Gasteiger partial charge in [0, 0.05) is 37.1 Å². The van der Waals surface area contributed by atoms with E-state index in [2.05, 4.69) is 41.0 Å². The zero-order valence-corrected chi connectivity index (χ0v) is 36.6. The molecule has 1 aliphatic rings. The lowest BCUT2D eigenvalue weighted by atomic mass is 9.87. The van der Waals surface area contributed by atoms with E-state index in [0.717, 1.165) is 34.6 Å². The number of aromatic nitrogens is 4. The SMILES string of the molecule is C=C(CC(=O)C(C)C(=O)SCCNC(=O)CCNC(=O)[C@H](O)C(C)(C)COP(=O)(O)OP(=O)(O)OC[C@H]1O[C@@H](n2cnc3c(N)ncnc32)[C@H](O)[C@@H]1OP(=O)(O)O)C(C)C. The van der Waals surface area contributed by atoms with Crippen molar-refractivity contribution in [2.45, 2.75) is 78.1 Å². The maximum Gasteiger partial charge on any atom is 0.481 e. The van der Waals surface area contributed by atoms with E-state index in [-0.39, 0.29) is 65.5 Å². The van der Waals surface area contributed by atoms with Gasteiger partial charge in [-0.25, -0.2) is 28.6 Å². The Hall–Kier alpha value is -3.03. The summed E-state index contributed by atoms with van der Waals surface area (Å²) in [4.78, 5) is 100. The van der Waals surface area contributed by atoms with Crippen LogP contribution in [0.2, 0.25) is 0 Å². The summed E-state index contributed by atoms with van der Waals surface area (Å²) in [6.45, 7) is 9.41. The van der Waals surface area contributed by atoms with Gasteiger partial charge in [0.25, 0.3) is 0 Å². The Kier molecular flexibility index (Phi) is 18.3. The van der Waals surface area contributed by atoms with E-state index in [0.29, 0.717) is 0 Å². The van der Waals surface area contributed by atoms with Gasteiger partial charge in [0.2, 0.25) is 11.8 Å². The van der Waals surface area contributed by atoms with Crippen molar-refractivity contribution in [3.8, 4) is 0 Å². The third-order valence-corrected chi connectivity index (χ3v) is 12.9. The number of ether oxygens (including phenoxy) is 1. The van der Waals surface area contributed by atoms with Crippen LogP contribution in [0.15, 0.2) is 24.8 Å². The number of carbonyl (C=O) groups is 4. The molecule has 1 aliphatic heterocycles. The smallest absolute Gasteiger partial charge is 0.386 e. The molecule has 10 N–H and O–H groups in total. The third kappa shape index (κ3) is 15.1. The number of anilines is 1. The summed E-state index contributed by atoms with van der Waals surface area (Å²) in [5.41, 5.74) is 4.95. The van der Waals surface area contributed by atoms with Crippen LogP contribution < -0.4 is 16.4 Å². The van der Waals surface area contributed by atoms with Crippen LogP contribution in [0.1, 0.15) is 53.7 Å². The summed E-state index contributed by atoms with van der Waals surface area (Å²) >= 11 is 0.892. The molecular weight excluding hydrogens is 883 g/mol. The topological polar surface area (TPSA) is 381 Å². The predicted molar refractivity (Wildman–Crippen MR) is 210 cm³/mol. The first-order chi connectivity index (χ1) is 27.6. The molecule has 338 valence electrons. The lowest BCUT2D eigenvalue weighted by Gasteiger charge is -2.30. The molecule has 0 bridgehead atoms. The maximum atomic E-state index is 12.7. The lowest BCUT2D eigenvalue weighted by molar-refractivity contribution is -0.137. The number of aliphatic hydroxyl groups excluding tert-OH is 2. The number of nitrogen functional groups attached to an aromatic ring is 1. The Morgan fingerprint density at radius 2 is 1.68 bits per heavy atom. The molecule has 2 amide bonds. The maximum absolute atomic E-state index is 12.7. The number of nitrogens with zero attached hydrogens (tertiary/aromatic N) is 4. The van der Waals surface area contributed by atoms with E-state index in [1.807, 2.05) is 13.8 Å². The quantitative estimate of drug-likeness (QED) is 0.0299. The van der Waals surface area contributed by atoms with Gasteiger partial charge < -0.3 is 50.9 Å². The summed E-state index contributed by atoms with van der Waals surface area (Å²) in [5.74, 6) is -2.34. The van der Waals surface area contributed by atoms with E-state index in [9.17, 15) is 62.7 Å². The second-order valence-corrected chi connectivity index (χ2v) is 19.7. The normalized spacial score (nSPS) is 21.5. The molecule has 3 unspecified atom stereocenters. The number of rotatable bonds is 24. The van der Waals surface area contributed by atoms with E-state index in [1.165, 1.54) is 20.8 Å². The third-order valence-electron chi connectivity index (χ3n) is 8.80. The molecule has 3 heterocycles. The molecular formula is C31H50N7O18P3S. The van der Waals surface area contributed by atoms with E-state index in [1.54, 1.807) is 0 Å². The molecule has 60 heavy (non-hydrogen) atoms. The van der Waals surface area contributed by atoms with Crippen LogP contribution in [0.5, 0.6) is 0 Å². The van der Waals surface area contributed by atoms with Gasteiger partial charge in [-0.1, -0.05) is 51.6 Å². The number of thioether (sulfide) groups is 1. The number of hydrogen-bond acceptors (Lipinski definition) is 19. The fourth-order valence-corrected chi connectivity index (χ4v) is 8.74. The molecule has 1 fully saturated rings. The average Bonchev–Trinajstić information content (AvgIpc) is 3.70. The van der Waals surface area contributed by atoms with E-state index >= 15 is 0 Å².